The van der Waals surface area contributed by atoms with Gasteiger partial charge in [0.15, 0.2) is 8.32 Å². The summed E-state index contributed by atoms with van der Waals surface area (Å²) in [5, 5.41) is -0.995. The molecule has 28 heavy (non-hydrogen) atoms. The molecule has 1 aliphatic heterocycles. The minimum Gasteiger partial charge on any atom is -0.445 e. The first-order chi connectivity index (χ1) is 12.8. The van der Waals surface area contributed by atoms with Crippen molar-refractivity contribution in [2.75, 3.05) is 13.2 Å². The normalized spacial score (nSPS) is 21.3. The van der Waals surface area contributed by atoms with Gasteiger partial charge in [-0.15, -0.1) is 0 Å². The van der Waals surface area contributed by atoms with E-state index in [-0.39, 0.29) is 23.3 Å². The second kappa shape index (κ2) is 9.56. The Morgan fingerprint density at radius 2 is 1.93 bits per heavy atom. The van der Waals surface area contributed by atoms with Crippen molar-refractivity contribution < 1.29 is 23.5 Å². The molecule has 1 saturated heterocycles. The molecular weight excluding hydrogens is 396 g/mol. The average molecular weight is 431 g/mol. The van der Waals surface area contributed by atoms with E-state index in [0.717, 1.165) is 16.7 Å². The van der Waals surface area contributed by atoms with Gasteiger partial charge in [-0.2, -0.15) is 0 Å². The molecule has 1 heterocycles. The van der Waals surface area contributed by atoms with E-state index >= 15 is 0 Å². The van der Waals surface area contributed by atoms with E-state index in [4.69, 9.17) is 14.9 Å². The third-order valence-corrected chi connectivity index (χ3v) is 11.8. The SMILES string of the molecule is C=CCOC(=O)N1C(=O)[C@H]([C@@H](C)O[Si](C)(C)C(C)(C)C(C)C)[C@H]1SC(=O)CN. The maximum absolute atomic E-state index is 12.7. The Balaban J connectivity index is 3.02. The molecule has 0 saturated carbocycles. The molecule has 0 aromatic heterocycles. The predicted molar refractivity (Wildman–Crippen MR) is 114 cm³/mol. The Bertz CT molecular complexity index is 623. The van der Waals surface area contributed by atoms with Gasteiger partial charge in [0.1, 0.15) is 12.0 Å². The van der Waals surface area contributed by atoms with Crippen molar-refractivity contribution >= 4 is 37.2 Å². The summed E-state index contributed by atoms with van der Waals surface area (Å²) in [5.41, 5.74) is 5.42. The van der Waals surface area contributed by atoms with E-state index in [0.29, 0.717) is 5.92 Å². The lowest BCUT2D eigenvalue weighted by Gasteiger charge is -2.50. The zero-order chi connectivity index (χ0) is 21.9. The standard InChI is InChI=1S/C19H34N2O5SSi/c1-9-10-25-18(24)21-16(23)15(17(21)27-14(22)11-20)13(4)26-28(7,8)19(5,6)12(2)3/h9,12-13,15,17H,1,10-11,20H2,2-8H3/t13-,15+,17-/m1/s1. The monoisotopic (exact) mass is 430 g/mol. The van der Waals surface area contributed by atoms with Gasteiger partial charge in [0.25, 0.3) is 0 Å². The highest BCUT2D eigenvalue weighted by Crippen LogP contribution is 2.47. The second-order valence-electron chi connectivity index (χ2n) is 8.39. The Hall–Kier alpha value is -1.16. The van der Waals surface area contributed by atoms with E-state index in [1.165, 1.54) is 6.08 Å². The lowest BCUT2D eigenvalue weighted by molar-refractivity contribution is -0.152. The summed E-state index contributed by atoms with van der Waals surface area (Å²) in [6, 6.07) is 0. The molecular formula is C19H34N2O5SSi. The van der Waals surface area contributed by atoms with Gasteiger partial charge in [0.2, 0.25) is 11.0 Å². The van der Waals surface area contributed by atoms with Crippen LogP contribution < -0.4 is 5.73 Å². The maximum Gasteiger partial charge on any atom is 0.417 e. The summed E-state index contributed by atoms with van der Waals surface area (Å²) in [7, 11) is -2.20. The second-order valence-corrected chi connectivity index (χ2v) is 14.1. The fourth-order valence-corrected chi connectivity index (χ4v) is 6.92. The minimum absolute atomic E-state index is 0.00984. The molecule has 0 radical (unpaired) electrons. The number of rotatable bonds is 9. The number of hydrogen-bond donors (Lipinski definition) is 1. The molecule has 3 atom stereocenters. The first-order valence-electron chi connectivity index (χ1n) is 9.49. The van der Waals surface area contributed by atoms with Crippen LogP contribution in [0.3, 0.4) is 0 Å². The molecule has 0 aliphatic carbocycles. The van der Waals surface area contributed by atoms with Crippen LogP contribution in [0.4, 0.5) is 4.79 Å². The van der Waals surface area contributed by atoms with Crippen molar-refractivity contribution in [3.8, 4) is 0 Å². The number of amides is 2. The van der Waals surface area contributed by atoms with Gasteiger partial charge >= 0.3 is 6.09 Å². The van der Waals surface area contributed by atoms with Gasteiger partial charge in [0.05, 0.1) is 18.6 Å². The highest BCUT2D eigenvalue weighted by Gasteiger charge is 2.57. The van der Waals surface area contributed by atoms with E-state index in [1.54, 1.807) is 0 Å². The third kappa shape index (κ3) is 5.06. The van der Waals surface area contributed by atoms with Crippen molar-refractivity contribution in [2.45, 2.75) is 64.2 Å². The number of imide groups is 1. The lowest BCUT2D eigenvalue weighted by atomic mass is 9.93. The lowest BCUT2D eigenvalue weighted by Crippen LogP contribution is -2.66. The third-order valence-electron chi connectivity index (χ3n) is 6.01. The van der Waals surface area contributed by atoms with Crippen LogP contribution in [0.25, 0.3) is 0 Å². The molecule has 0 aromatic carbocycles. The quantitative estimate of drug-likeness (QED) is 0.340. The molecule has 0 spiro atoms. The van der Waals surface area contributed by atoms with Crippen LogP contribution in [0.1, 0.15) is 34.6 Å². The number of likely N-dealkylation sites (tertiary alicyclic amines) is 1. The topological polar surface area (TPSA) is 98.9 Å². The molecule has 1 rings (SSSR count). The number of β-lactam (4-membered cyclic amide) rings is 1. The molecule has 2 N–H and O–H groups in total. The largest absolute Gasteiger partial charge is 0.445 e. The molecule has 7 nitrogen and oxygen atoms in total. The summed E-state index contributed by atoms with van der Waals surface area (Å²) >= 11 is 0.886. The van der Waals surface area contributed by atoms with E-state index in [1.807, 2.05) is 6.92 Å². The molecule has 1 aliphatic rings. The summed E-state index contributed by atoms with van der Waals surface area (Å²) in [6.45, 7) is 18.1. The van der Waals surface area contributed by atoms with Crippen LogP contribution in [0.15, 0.2) is 12.7 Å². The smallest absolute Gasteiger partial charge is 0.417 e. The minimum atomic E-state index is -2.20. The van der Waals surface area contributed by atoms with E-state index in [9.17, 15) is 14.4 Å². The highest BCUT2D eigenvalue weighted by molar-refractivity contribution is 8.14. The summed E-state index contributed by atoms with van der Waals surface area (Å²) in [6.07, 6.45) is 0.203. The number of carbonyl (C=O) groups is 3. The zero-order valence-electron chi connectivity index (χ0n) is 18.0. The van der Waals surface area contributed by atoms with Crippen LogP contribution >= 0.6 is 11.8 Å². The Labute approximate surface area is 173 Å². The summed E-state index contributed by atoms with van der Waals surface area (Å²) in [5.74, 6) is -0.588. The van der Waals surface area contributed by atoms with Crippen molar-refractivity contribution in [1.29, 1.82) is 0 Å². The van der Waals surface area contributed by atoms with E-state index < -0.39 is 37.7 Å². The maximum atomic E-state index is 12.7. The van der Waals surface area contributed by atoms with Gasteiger partial charge in [0, 0.05) is 0 Å². The van der Waals surface area contributed by atoms with Gasteiger partial charge in [-0.05, 0) is 31.0 Å². The number of ether oxygens (including phenoxy) is 1. The van der Waals surface area contributed by atoms with Crippen molar-refractivity contribution in [1.82, 2.24) is 4.90 Å². The number of nitrogens with zero attached hydrogens (tertiary/aromatic N) is 1. The van der Waals surface area contributed by atoms with Crippen LogP contribution in [-0.2, 0) is 18.8 Å². The van der Waals surface area contributed by atoms with Gasteiger partial charge in [-0.3, -0.25) is 9.59 Å². The first-order valence-corrected chi connectivity index (χ1v) is 13.3. The van der Waals surface area contributed by atoms with Crippen molar-refractivity contribution in [3.63, 3.8) is 0 Å². The van der Waals surface area contributed by atoms with Gasteiger partial charge < -0.3 is 14.9 Å². The molecule has 0 bridgehead atoms. The molecule has 160 valence electrons. The Morgan fingerprint density at radius 3 is 2.39 bits per heavy atom. The molecule has 2 amide bonds. The van der Waals surface area contributed by atoms with Crippen LogP contribution in [0.5, 0.6) is 0 Å². The van der Waals surface area contributed by atoms with Crippen LogP contribution in [0.2, 0.25) is 18.1 Å². The number of hydrogen-bond acceptors (Lipinski definition) is 7. The fourth-order valence-electron chi connectivity index (χ4n) is 3.01. The molecule has 9 heteroatoms. The van der Waals surface area contributed by atoms with E-state index in [2.05, 4.69) is 47.4 Å². The number of thioether (sulfide) groups is 1. The van der Waals surface area contributed by atoms with Gasteiger partial charge in [-0.25, -0.2) is 9.69 Å². The van der Waals surface area contributed by atoms with Crippen LogP contribution in [-0.4, -0.2) is 55.0 Å². The number of carbonyl (C=O) groups excluding carboxylic acids is 3. The van der Waals surface area contributed by atoms with Crippen molar-refractivity contribution in [2.24, 2.45) is 17.6 Å². The first kappa shape index (κ1) is 24.9. The summed E-state index contributed by atoms with van der Waals surface area (Å²) < 4.78 is 11.4. The Morgan fingerprint density at radius 1 is 1.36 bits per heavy atom. The predicted octanol–water partition coefficient (Wildman–Crippen LogP) is 3.36. The average Bonchev–Trinajstić information content (AvgIpc) is 2.58. The van der Waals surface area contributed by atoms with Crippen LogP contribution in [0, 0.1) is 11.8 Å². The molecule has 0 unspecified atom stereocenters. The summed E-state index contributed by atoms with van der Waals surface area (Å²) in [4.78, 5) is 37.8. The van der Waals surface area contributed by atoms with Gasteiger partial charge in [-0.1, -0.05) is 52.1 Å². The Kier molecular flexibility index (Phi) is 8.49. The zero-order valence-corrected chi connectivity index (χ0v) is 19.8. The molecule has 1 fully saturated rings. The molecule has 0 aromatic rings. The fraction of sp³-hybridized carbons (Fsp3) is 0.737. The van der Waals surface area contributed by atoms with Crippen molar-refractivity contribution in [3.05, 3.63) is 12.7 Å². The number of nitrogens with two attached hydrogens (primary N) is 1. The highest BCUT2D eigenvalue weighted by atomic mass is 32.2.